The first-order valence-electron chi connectivity index (χ1n) is 5.26. The molecule has 1 aromatic carbocycles. The molecule has 0 aromatic heterocycles. The van der Waals surface area contributed by atoms with Crippen LogP contribution in [0.2, 0.25) is 0 Å². The first-order valence-corrected chi connectivity index (χ1v) is 8.33. The third-order valence-electron chi connectivity index (χ3n) is 2.18. The van der Waals surface area contributed by atoms with Gasteiger partial charge in [0, 0.05) is 20.7 Å². The number of nitrogen functional groups attached to an aromatic ring is 1. The van der Waals surface area contributed by atoms with Gasteiger partial charge in [-0.15, -0.1) is 0 Å². The molecule has 0 aliphatic heterocycles. The van der Waals surface area contributed by atoms with Gasteiger partial charge in [-0.25, -0.2) is 13.1 Å². The van der Waals surface area contributed by atoms with Crippen LogP contribution in [0.3, 0.4) is 0 Å². The largest absolute Gasteiger partial charge is 0.399 e. The highest BCUT2D eigenvalue weighted by molar-refractivity contribution is 9.11. The van der Waals surface area contributed by atoms with Gasteiger partial charge in [-0.3, -0.25) is 0 Å². The van der Waals surface area contributed by atoms with Crippen molar-refractivity contribution in [2.45, 2.75) is 30.5 Å². The normalized spacial score (nSPS) is 14.3. The van der Waals surface area contributed by atoms with Crippen LogP contribution in [0.25, 0.3) is 0 Å². The Bertz CT molecular complexity index is 582. The molecule has 3 N–H and O–H groups in total. The Morgan fingerprint density at radius 3 is 2.15 bits per heavy atom. The molecule has 20 heavy (non-hydrogen) atoms. The van der Waals surface area contributed by atoms with Crippen molar-refractivity contribution in [2.75, 3.05) is 5.73 Å². The van der Waals surface area contributed by atoms with Gasteiger partial charge in [0.25, 0.3) is 0 Å². The van der Waals surface area contributed by atoms with E-state index < -0.39 is 28.7 Å². The van der Waals surface area contributed by atoms with Gasteiger partial charge in [-0.05, 0) is 50.9 Å². The molecule has 0 heterocycles. The SMILES string of the molecule is CC(CC(F)(F)F)NS(=O)(=O)c1c(Br)cc(N)cc1Br. The smallest absolute Gasteiger partial charge is 0.390 e. The van der Waals surface area contributed by atoms with E-state index in [4.69, 9.17) is 5.73 Å². The Morgan fingerprint density at radius 2 is 1.75 bits per heavy atom. The van der Waals surface area contributed by atoms with E-state index in [2.05, 4.69) is 31.9 Å². The van der Waals surface area contributed by atoms with Crippen molar-refractivity contribution in [3.63, 3.8) is 0 Å². The lowest BCUT2D eigenvalue weighted by molar-refractivity contribution is -0.137. The molecule has 0 radical (unpaired) electrons. The molecule has 0 bridgehead atoms. The van der Waals surface area contributed by atoms with Crippen molar-refractivity contribution in [3.8, 4) is 0 Å². The molecule has 0 saturated heterocycles. The first-order chi connectivity index (χ1) is 8.92. The molecule has 0 spiro atoms. The molecular formula is C10H11Br2F3N2O2S. The number of anilines is 1. The number of hydrogen-bond acceptors (Lipinski definition) is 3. The van der Waals surface area contributed by atoms with Crippen LogP contribution in [-0.2, 0) is 10.0 Å². The van der Waals surface area contributed by atoms with Crippen LogP contribution >= 0.6 is 31.9 Å². The number of nitrogens with two attached hydrogens (primary N) is 1. The van der Waals surface area contributed by atoms with Crippen LogP contribution in [-0.4, -0.2) is 20.6 Å². The van der Waals surface area contributed by atoms with Crippen LogP contribution in [0.4, 0.5) is 18.9 Å². The summed E-state index contributed by atoms with van der Waals surface area (Å²) in [5, 5.41) is 0. The van der Waals surface area contributed by atoms with E-state index in [1.54, 1.807) is 0 Å². The molecule has 1 rings (SSSR count). The molecule has 10 heteroatoms. The fraction of sp³-hybridized carbons (Fsp3) is 0.400. The Hall–Kier alpha value is -0.320. The lowest BCUT2D eigenvalue weighted by atomic mass is 10.2. The monoisotopic (exact) mass is 438 g/mol. The van der Waals surface area contributed by atoms with Crippen molar-refractivity contribution in [2.24, 2.45) is 0 Å². The number of hydrogen-bond donors (Lipinski definition) is 2. The van der Waals surface area contributed by atoms with E-state index in [1.165, 1.54) is 12.1 Å². The Kier molecular flexibility index (Phi) is 5.50. The maximum absolute atomic E-state index is 12.2. The zero-order valence-corrected chi connectivity index (χ0v) is 14.1. The average Bonchev–Trinajstić information content (AvgIpc) is 2.08. The number of benzene rings is 1. The summed E-state index contributed by atoms with van der Waals surface area (Å²) in [6.45, 7) is 1.14. The van der Waals surface area contributed by atoms with Gasteiger partial charge >= 0.3 is 6.18 Å². The minimum Gasteiger partial charge on any atom is -0.399 e. The predicted octanol–water partition coefficient (Wildman–Crippen LogP) is 3.41. The molecule has 0 fully saturated rings. The van der Waals surface area contributed by atoms with Crippen molar-refractivity contribution in [1.29, 1.82) is 0 Å². The van der Waals surface area contributed by atoms with Crippen molar-refractivity contribution >= 4 is 47.6 Å². The predicted molar refractivity (Wildman–Crippen MR) is 76.7 cm³/mol. The molecule has 4 nitrogen and oxygen atoms in total. The Balaban J connectivity index is 3.07. The average molecular weight is 440 g/mol. The van der Waals surface area contributed by atoms with E-state index in [0.29, 0.717) is 5.69 Å². The summed E-state index contributed by atoms with van der Waals surface area (Å²) in [6.07, 6.45) is -5.70. The third-order valence-corrected chi connectivity index (χ3v) is 5.65. The van der Waals surface area contributed by atoms with Gasteiger partial charge in [0.1, 0.15) is 4.90 Å². The second-order valence-electron chi connectivity index (χ2n) is 4.16. The fourth-order valence-corrected chi connectivity index (χ4v) is 5.41. The van der Waals surface area contributed by atoms with E-state index in [-0.39, 0.29) is 13.8 Å². The highest BCUT2D eigenvalue weighted by Crippen LogP contribution is 2.33. The van der Waals surface area contributed by atoms with Crippen LogP contribution in [0.5, 0.6) is 0 Å². The van der Waals surface area contributed by atoms with Gasteiger partial charge in [-0.1, -0.05) is 0 Å². The molecule has 0 aliphatic carbocycles. The summed E-state index contributed by atoms with van der Waals surface area (Å²) < 4.78 is 63.2. The van der Waals surface area contributed by atoms with Crippen LogP contribution in [0.15, 0.2) is 26.0 Å². The first kappa shape index (κ1) is 17.7. The number of halogens is 5. The Morgan fingerprint density at radius 1 is 1.30 bits per heavy atom. The fourth-order valence-electron chi connectivity index (χ4n) is 1.55. The maximum atomic E-state index is 12.2. The highest BCUT2D eigenvalue weighted by Gasteiger charge is 2.33. The van der Waals surface area contributed by atoms with Crippen molar-refractivity contribution in [1.82, 2.24) is 4.72 Å². The van der Waals surface area contributed by atoms with Crippen LogP contribution in [0, 0.1) is 0 Å². The minimum atomic E-state index is -4.45. The topological polar surface area (TPSA) is 72.2 Å². The summed E-state index contributed by atoms with van der Waals surface area (Å²) in [5.41, 5.74) is 5.84. The molecule has 0 saturated carbocycles. The van der Waals surface area contributed by atoms with Crippen molar-refractivity contribution < 1.29 is 21.6 Å². The molecule has 0 amide bonds. The summed E-state index contributed by atoms with van der Waals surface area (Å²) in [4.78, 5) is -0.194. The quantitative estimate of drug-likeness (QED) is 0.706. The third kappa shape index (κ3) is 4.90. The maximum Gasteiger partial charge on any atom is 0.390 e. The number of sulfonamides is 1. The molecule has 1 unspecified atom stereocenters. The molecule has 1 aromatic rings. The summed E-state index contributed by atoms with van der Waals surface area (Å²) >= 11 is 6.07. The molecule has 1 atom stereocenters. The second kappa shape index (κ2) is 6.20. The number of nitrogens with one attached hydrogen (secondary N) is 1. The van der Waals surface area contributed by atoms with E-state index in [9.17, 15) is 21.6 Å². The molecule has 0 aliphatic rings. The van der Waals surface area contributed by atoms with Crippen LogP contribution < -0.4 is 10.5 Å². The zero-order valence-electron chi connectivity index (χ0n) is 10.1. The summed E-state index contributed by atoms with van der Waals surface area (Å²) in [5.74, 6) is 0. The van der Waals surface area contributed by atoms with E-state index >= 15 is 0 Å². The van der Waals surface area contributed by atoms with Crippen LogP contribution in [0.1, 0.15) is 13.3 Å². The van der Waals surface area contributed by atoms with E-state index in [0.717, 1.165) is 6.92 Å². The standard InChI is InChI=1S/C10H11Br2F3N2O2S/c1-5(4-10(13,14)15)17-20(18,19)9-7(11)2-6(16)3-8(9)12/h2-3,5,17H,4,16H2,1H3. The lowest BCUT2D eigenvalue weighted by Gasteiger charge is -2.17. The number of rotatable bonds is 4. The van der Waals surface area contributed by atoms with Gasteiger partial charge in [0.05, 0.1) is 6.42 Å². The van der Waals surface area contributed by atoms with Gasteiger partial charge in [-0.2, -0.15) is 13.2 Å². The minimum absolute atomic E-state index is 0.163. The second-order valence-corrected chi connectivity index (χ2v) is 7.51. The lowest BCUT2D eigenvalue weighted by Crippen LogP contribution is -2.36. The van der Waals surface area contributed by atoms with Gasteiger partial charge in [0.2, 0.25) is 10.0 Å². The van der Waals surface area contributed by atoms with E-state index in [1.807, 2.05) is 4.72 Å². The number of alkyl halides is 3. The molecule has 114 valence electrons. The van der Waals surface area contributed by atoms with Crippen molar-refractivity contribution in [3.05, 3.63) is 21.1 Å². The van der Waals surface area contributed by atoms with Gasteiger partial charge in [0.15, 0.2) is 0 Å². The zero-order chi connectivity index (χ0) is 15.7. The van der Waals surface area contributed by atoms with Gasteiger partial charge < -0.3 is 5.73 Å². The molecular weight excluding hydrogens is 429 g/mol. The summed E-state index contributed by atoms with van der Waals surface area (Å²) in [6, 6.07) is 1.43. The summed E-state index contributed by atoms with van der Waals surface area (Å²) in [7, 11) is -4.11. The highest BCUT2D eigenvalue weighted by atomic mass is 79.9. The Labute approximate surface area is 131 Å².